The summed E-state index contributed by atoms with van der Waals surface area (Å²) in [6.45, 7) is 1.25. The Hall–Kier alpha value is -3.46. The second kappa shape index (κ2) is 6.81. The molecule has 0 saturated heterocycles. The summed E-state index contributed by atoms with van der Waals surface area (Å²) in [4.78, 5) is 13.3. The summed E-state index contributed by atoms with van der Waals surface area (Å²) in [7, 11) is 1.89. The Labute approximate surface area is 149 Å². The van der Waals surface area contributed by atoms with Gasteiger partial charge in [0.25, 0.3) is 0 Å². The van der Waals surface area contributed by atoms with E-state index in [0.29, 0.717) is 18.9 Å². The van der Waals surface area contributed by atoms with E-state index < -0.39 is 0 Å². The van der Waals surface area contributed by atoms with E-state index in [9.17, 15) is 0 Å². The number of imidazole rings is 1. The van der Waals surface area contributed by atoms with Gasteiger partial charge in [-0.15, -0.1) is 0 Å². The van der Waals surface area contributed by atoms with Crippen LogP contribution in [0, 0.1) is 0 Å². The molecular formula is C17H19N9. The minimum atomic E-state index is 0.562. The van der Waals surface area contributed by atoms with Crippen molar-refractivity contribution in [1.82, 2.24) is 29.1 Å². The quantitative estimate of drug-likeness (QED) is 0.485. The first kappa shape index (κ1) is 16.0. The summed E-state index contributed by atoms with van der Waals surface area (Å²) in [6, 6.07) is 3.83. The number of aryl methyl sites for hydroxylation is 1. The molecule has 4 rings (SSSR count). The highest BCUT2D eigenvalue weighted by atomic mass is 15.2. The maximum Gasteiger partial charge on any atom is 0.180 e. The Balaban J connectivity index is 1.62. The number of hydrogen-bond acceptors (Lipinski definition) is 7. The molecular weight excluding hydrogens is 330 g/mol. The Bertz CT molecular complexity index is 1020. The molecule has 0 saturated carbocycles. The second-order valence-electron chi connectivity index (χ2n) is 5.79. The molecule has 0 fully saturated rings. The number of rotatable bonds is 6. The molecule has 0 aliphatic rings. The predicted molar refractivity (Wildman–Crippen MR) is 100 cm³/mol. The van der Waals surface area contributed by atoms with Crippen molar-refractivity contribution in [3.8, 4) is 11.3 Å². The number of nitrogens with two attached hydrogens (primary N) is 1. The zero-order valence-electron chi connectivity index (χ0n) is 14.3. The van der Waals surface area contributed by atoms with Crippen LogP contribution in [-0.2, 0) is 7.05 Å². The largest absolute Gasteiger partial charge is 0.369 e. The van der Waals surface area contributed by atoms with Gasteiger partial charge in [0.2, 0.25) is 0 Å². The van der Waals surface area contributed by atoms with Crippen LogP contribution in [0.2, 0.25) is 0 Å². The maximum absolute atomic E-state index is 5.48. The molecule has 9 heteroatoms. The summed E-state index contributed by atoms with van der Waals surface area (Å²) < 4.78 is 3.75. The van der Waals surface area contributed by atoms with Gasteiger partial charge < -0.3 is 16.4 Å². The van der Waals surface area contributed by atoms with E-state index in [2.05, 4.69) is 30.7 Å². The van der Waals surface area contributed by atoms with Crippen LogP contribution in [0.5, 0.6) is 0 Å². The molecule has 26 heavy (non-hydrogen) atoms. The van der Waals surface area contributed by atoms with Gasteiger partial charge in [0.1, 0.15) is 5.82 Å². The minimum Gasteiger partial charge on any atom is -0.369 e. The third-order valence-corrected chi connectivity index (χ3v) is 3.91. The third kappa shape index (κ3) is 3.07. The van der Waals surface area contributed by atoms with E-state index in [1.165, 1.54) is 0 Å². The lowest BCUT2D eigenvalue weighted by molar-refractivity contribution is 0.768. The van der Waals surface area contributed by atoms with Gasteiger partial charge in [-0.25, -0.2) is 15.0 Å². The van der Waals surface area contributed by atoms with Crippen LogP contribution in [0.3, 0.4) is 0 Å². The zero-order valence-corrected chi connectivity index (χ0v) is 14.3. The minimum absolute atomic E-state index is 0.562. The average molecular weight is 349 g/mol. The number of pyridine rings is 1. The Morgan fingerprint density at radius 3 is 2.77 bits per heavy atom. The number of nitrogens with zero attached hydrogens (tertiary/aromatic N) is 6. The van der Waals surface area contributed by atoms with Crippen molar-refractivity contribution < 1.29 is 0 Å². The van der Waals surface area contributed by atoms with Crippen LogP contribution in [-0.4, -0.2) is 42.2 Å². The lowest BCUT2D eigenvalue weighted by Gasteiger charge is -2.08. The lowest BCUT2D eigenvalue weighted by atomic mass is 10.3. The Morgan fingerprint density at radius 1 is 1.12 bits per heavy atom. The SMILES string of the molecule is Cn1cc(-c2cnc3c(Nc4ccc(NCCN)nc4)nccn23)cn1. The van der Waals surface area contributed by atoms with Crippen molar-refractivity contribution in [2.24, 2.45) is 12.8 Å². The van der Waals surface area contributed by atoms with Gasteiger partial charge in [-0.3, -0.25) is 9.08 Å². The molecule has 0 aliphatic heterocycles. The standard InChI is InChI=1S/C17H19N9/c1-25-11-12(8-23-25)14-10-22-17-16(20-6-7-26(14)17)24-13-2-3-15(21-9-13)19-5-4-18/h2-3,6-11H,4-5,18H2,1H3,(H,19,21)(H,20,24). The van der Waals surface area contributed by atoms with Gasteiger partial charge in [0.15, 0.2) is 11.5 Å². The van der Waals surface area contributed by atoms with Crippen molar-refractivity contribution in [2.45, 2.75) is 0 Å². The normalized spacial score (nSPS) is 11.0. The molecule has 0 bridgehead atoms. The first-order valence-electron chi connectivity index (χ1n) is 8.22. The number of nitrogens with one attached hydrogen (secondary N) is 2. The molecule has 0 spiro atoms. The van der Waals surface area contributed by atoms with Crippen LogP contribution in [0.15, 0.2) is 49.3 Å². The summed E-state index contributed by atoms with van der Waals surface area (Å²) in [5.74, 6) is 1.44. The fourth-order valence-electron chi connectivity index (χ4n) is 2.68. The molecule has 132 valence electrons. The monoisotopic (exact) mass is 349 g/mol. The number of hydrogen-bond donors (Lipinski definition) is 3. The van der Waals surface area contributed by atoms with Gasteiger partial charge in [0.05, 0.1) is 30.0 Å². The molecule has 0 aliphatic carbocycles. The molecule has 4 aromatic heterocycles. The van der Waals surface area contributed by atoms with Crippen LogP contribution in [0.25, 0.3) is 16.9 Å². The molecule has 4 aromatic rings. The fourth-order valence-corrected chi connectivity index (χ4v) is 2.68. The molecule has 0 atom stereocenters. The highest BCUT2D eigenvalue weighted by molar-refractivity contribution is 5.73. The lowest BCUT2D eigenvalue weighted by Crippen LogP contribution is -2.13. The molecule has 0 unspecified atom stereocenters. The fraction of sp³-hybridized carbons (Fsp3) is 0.176. The smallest absolute Gasteiger partial charge is 0.180 e. The van der Waals surface area contributed by atoms with Gasteiger partial charge in [-0.1, -0.05) is 0 Å². The molecule has 0 aromatic carbocycles. The van der Waals surface area contributed by atoms with Crippen molar-refractivity contribution in [2.75, 3.05) is 23.7 Å². The molecule has 9 nitrogen and oxygen atoms in total. The number of anilines is 3. The van der Waals surface area contributed by atoms with Gasteiger partial charge >= 0.3 is 0 Å². The summed E-state index contributed by atoms with van der Waals surface area (Å²) >= 11 is 0. The second-order valence-corrected chi connectivity index (χ2v) is 5.79. The van der Waals surface area contributed by atoms with Gasteiger partial charge in [-0.05, 0) is 12.1 Å². The average Bonchev–Trinajstić information content (AvgIpc) is 3.28. The van der Waals surface area contributed by atoms with Crippen molar-refractivity contribution in [3.05, 3.63) is 49.3 Å². The number of aromatic nitrogens is 6. The van der Waals surface area contributed by atoms with Crippen molar-refractivity contribution in [1.29, 1.82) is 0 Å². The van der Waals surface area contributed by atoms with Gasteiger partial charge in [-0.2, -0.15) is 5.10 Å². The van der Waals surface area contributed by atoms with Crippen molar-refractivity contribution >= 4 is 23.0 Å². The molecule has 4 N–H and O–H groups in total. The predicted octanol–water partition coefficient (Wildman–Crippen LogP) is 1.64. The summed E-state index contributed by atoms with van der Waals surface area (Å²) in [6.07, 6.45) is 10.9. The van der Waals surface area contributed by atoms with Crippen LogP contribution in [0.1, 0.15) is 0 Å². The van der Waals surface area contributed by atoms with E-state index in [4.69, 9.17) is 5.73 Å². The first-order chi connectivity index (χ1) is 12.7. The van der Waals surface area contributed by atoms with E-state index >= 15 is 0 Å². The maximum atomic E-state index is 5.48. The summed E-state index contributed by atoms with van der Waals surface area (Å²) in [5.41, 5.74) is 8.99. The topological polar surface area (TPSA) is 111 Å². The molecule has 0 radical (unpaired) electrons. The highest BCUT2D eigenvalue weighted by Crippen LogP contribution is 2.24. The van der Waals surface area contributed by atoms with Gasteiger partial charge in [0, 0.05) is 44.3 Å². The van der Waals surface area contributed by atoms with Crippen LogP contribution >= 0.6 is 0 Å². The van der Waals surface area contributed by atoms with E-state index in [1.54, 1.807) is 17.1 Å². The van der Waals surface area contributed by atoms with Crippen LogP contribution < -0.4 is 16.4 Å². The number of fused-ring (bicyclic) bond motifs is 1. The highest BCUT2D eigenvalue weighted by Gasteiger charge is 2.11. The zero-order chi connectivity index (χ0) is 17.9. The van der Waals surface area contributed by atoms with E-state index in [0.717, 1.165) is 28.4 Å². The molecule has 4 heterocycles. The van der Waals surface area contributed by atoms with E-state index in [1.807, 2.05) is 48.4 Å². The summed E-state index contributed by atoms with van der Waals surface area (Å²) in [5, 5.41) is 10.6. The van der Waals surface area contributed by atoms with Crippen molar-refractivity contribution in [3.63, 3.8) is 0 Å². The first-order valence-corrected chi connectivity index (χ1v) is 8.22. The third-order valence-electron chi connectivity index (χ3n) is 3.91. The Morgan fingerprint density at radius 2 is 2.04 bits per heavy atom. The molecule has 0 amide bonds. The van der Waals surface area contributed by atoms with Crippen LogP contribution in [0.4, 0.5) is 17.3 Å². The van der Waals surface area contributed by atoms with E-state index in [-0.39, 0.29) is 0 Å². The Kier molecular flexibility index (Phi) is 4.20.